The van der Waals surface area contributed by atoms with Gasteiger partial charge in [0.2, 0.25) is 11.8 Å². The Balaban J connectivity index is -0.0000000177. The molecule has 0 aromatic rings. The molecular formula is C15H38N2O6WY. The van der Waals surface area contributed by atoms with Crippen LogP contribution in [0.15, 0.2) is 0 Å². The number of carboxylic acids is 1. The van der Waals surface area contributed by atoms with E-state index < -0.39 is 5.97 Å². The molecule has 0 aliphatic heterocycles. The predicted molar refractivity (Wildman–Crippen MR) is 95.3 cm³/mol. The van der Waals surface area contributed by atoms with E-state index in [1.54, 1.807) is 14.1 Å². The standard InChI is InChI=1S/2C3H7NO.2C2H4O2.2C2H6.CH4.W.Y/c2*1-3(5)4-2;1-4-2-3;1-2(3)4;2*1-2;;;/h2*1-2H3,(H,4,5);2H,1H3;1H3,(H,3,4);2*1-2H3;1H4;;. The molecule has 0 heterocycles. The molecule has 0 saturated carbocycles. The molecule has 1 radical (unpaired) electrons. The third-order valence-corrected chi connectivity index (χ3v) is 0.800. The molecular weight excluding hydrogens is 577 g/mol. The van der Waals surface area contributed by atoms with E-state index in [0.717, 1.165) is 6.92 Å². The number of methoxy groups -OCH3 is 1. The predicted octanol–water partition coefficient (Wildman–Crippen LogP) is 2.07. The second kappa shape index (κ2) is 75.8. The molecule has 0 spiro atoms. The van der Waals surface area contributed by atoms with E-state index in [9.17, 15) is 9.59 Å². The molecule has 0 aromatic heterocycles. The molecule has 0 saturated heterocycles. The Kier molecular flexibility index (Phi) is 171. The first kappa shape index (κ1) is 56.3. The normalized spacial score (nSPS) is 5.04. The van der Waals surface area contributed by atoms with E-state index in [1.807, 2.05) is 27.7 Å². The molecule has 0 unspecified atom stereocenters. The van der Waals surface area contributed by atoms with Crippen molar-refractivity contribution in [3.8, 4) is 0 Å². The number of carbonyl (C=O) groups is 4. The number of nitrogens with one attached hydrogen (secondary N) is 2. The summed E-state index contributed by atoms with van der Waals surface area (Å²) in [6, 6.07) is 0. The van der Waals surface area contributed by atoms with Crippen molar-refractivity contribution in [3.63, 3.8) is 0 Å². The van der Waals surface area contributed by atoms with E-state index in [2.05, 4.69) is 15.4 Å². The van der Waals surface area contributed by atoms with Crippen LogP contribution in [0.25, 0.3) is 0 Å². The number of amides is 2. The van der Waals surface area contributed by atoms with Crippen LogP contribution < -0.4 is 10.6 Å². The Morgan fingerprint density at radius 1 is 0.880 bits per heavy atom. The number of rotatable bonds is 1. The van der Waals surface area contributed by atoms with Crippen LogP contribution in [0, 0.1) is 0 Å². The van der Waals surface area contributed by atoms with Crippen LogP contribution in [0.2, 0.25) is 0 Å². The largest absolute Gasteiger partial charge is 0.481 e. The molecule has 0 rings (SSSR count). The Morgan fingerprint density at radius 3 is 0.960 bits per heavy atom. The molecule has 0 bridgehead atoms. The molecule has 3 N–H and O–H groups in total. The smallest absolute Gasteiger partial charge is 0.300 e. The number of aliphatic carboxylic acids is 1. The quantitative estimate of drug-likeness (QED) is 0.389. The monoisotopic (exact) mass is 615 g/mol. The van der Waals surface area contributed by atoms with E-state index in [4.69, 9.17) is 14.7 Å². The van der Waals surface area contributed by atoms with Crippen LogP contribution in [0.4, 0.5) is 0 Å². The minimum absolute atomic E-state index is 0. The third-order valence-electron chi connectivity index (χ3n) is 0.800. The number of carbonyl (C=O) groups excluding carboxylic acids is 3. The van der Waals surface area contributed by atoms with Gasteiger partial charge in [0.05, 0.1) is 7.11 Å². The fourth-order valence-electron chi connectivity index (χ4n) is 0. The van der Waals surface area contributed by atoms with Crippen LogP contribution in [0.5, 0.6) is 0 Å². The van der Waals surface area contributed by atoms with Crippen LogP contribution in [-0.4, -0.2) is 50.6 Å². The first-order valence-corrected chi connectivity index (χ1v) is 6.72. The zero-order chi connectivity index (χ0) is 19.6. The van der Waals surface area contributed by atoms with Gasteiger partial charge in [0, 0.05) is 88.6 Å². The average molecular weight is 615 g/mol. The zero-order valence-electron chi connectivity index (χ0n) is 16.6. The minimum Gasteiger partial charge on any atom is -0.481 e. The minimum atomic E-state index is -0.833. The summed E-state index contributed by atoms with van der Waals surface area (Å²) in [7, 11) is 4.51. The van der Waals surface area contributed by atoms with Crippen molar-refractivity contribution >= 4 is 24.3 Å². The van der Waals surface area contributed by atoms with Gasteiger partial charge in [-0.25, -0.2) is 0 Å². The summed E-state index contributed by atoms with van der Waals surface area (Å²) in [5, 5.41) is 12.2. The van der Waals surface area contributed by atoms with Crippen LogP contribution in [0.3, 0.4) is 0 Å². The van der Waals surface area contributed by atoms with Crippen molar-refractivity contribution in [2.75, 3.05) is 21.2 Å². The van der Waals surface area contributed by atoms with Crippen molar-refractivity contribution in [1.82, 2.24) is 10.6 Å². The first-order chi connectivity index (χ1) is 10.2. The molecule has 0 atom stereocenters. The topological polar surface area (TPSA) is 122 Å². The van der Waals surface area contributed by atoms with Crippen molar-refractivity contribution in [2.45, 2.75) is 55.9 Å². The van der Waals surface area contributed by atoms with Gasteiger partial charge in [-0.2, -0.15) is 0 Å². The van der Waals surface area contributed by atoms with E-state index in [0.29, 0.717) is 6.47 Å². The Hall–Kier alpha value is -0.328. The molecule has 8 nitrogen and oxygen atoms in total. The molecule has 10 heteroatoms. The SMILES string of the molecule is C.CC.CC.CC(=O)O.CNC(C)=O.CNC(C)=O.COC=O.[W].[Y]. The van der Waals surface area contributed by atoms with E-state index in [1.165, 1.54) is 21.0 Å². The molecule has 0 aliphatic carbocycles. The summed E-state index contributed by atoms with van der Waals surface area (Å²) < 4.78 is 3.86. The van der Waals surface area contributed by atoms with Crippen molar-refractivity contribution < 1.29 is 82.8 Å². The average Bonchev–Trinajstić information content (AvgIpc) is 2.51. The summed E-state index contributed by atoms with van der Waals surface area (Å²) in [5.41, 5.74) is 0. The molecule has 0 fully saturated rings. The summed E-state index contributed by atoms with van der Waals surface area (Å²) in [5.74, 6) is -0.824. The molecule has 0 aromatic carbocycles. The van der Waals surface area contributed by atoms with Gasteiger partial charge in [-0.1, -0.05) is 35.1 Å². The Morgan fingerprint density at radius 2 is 0.960 bits per heavy atom. The van der Waals surface area contributed by atoms with E-state index >= 15 is 0 Å². The van der Waals surface area contributed by atoms with Gasteiger partial charge in [0.1, 0.15) is 0 Å². The number of ether oxygens (including phenoxy) is 1. The van der Waals surface area contributed by atoms with Gasteiger partial charge in [-0.15, -0.1) is 0 Å². The van der Waals surface area contributed by atoms with Crippen molar-refractivity contribution in [2.24, 2.45) is 0 Å². The summed E-state index contributed by atoms with van der Waals surface area (Å²) in [4.78, 5) is 37.4. The van der Waals surface area contributed by atoms with Crippen LogP contribution in [-0.2, 0) is 77.7 Å². The summed E-state index contributed by atoms with van der Waals surface area (Å²) in [6.45, 7) is 12.4. The van der Waals surface area contributed by atoms with E-state index in [-0.39, 0.29) is 73.0 Å². The molecule has 153 valence electrons. The maximum absolute atomic E-state index is 9.70. The summed E-state index contributed by atoms with van der Waals surface area (Å²) >= 11 is 0. The number of carboxylic acid groups (broad SMARTS) is 1. The third kappa shape index (κ3) is 509. The fourth-order valence-corrected chi connectivity index (χ4v) is 0. The maximum Gasteiger partial charge on any atom is 0.300 e. The second-order valence-corrected chi connectivity index (χ2v) is 2.46. The molecule has 2 amide bonds. The molecule has 0 aliphatic rings. The van der Waals surface area contributed by atoms with Gasteiger partial charge in [-0.3, -0.25) is 19.2 Å². The van der Waals surface area contributed by atoms with Gasteiger partial charge >= 0.3 is 0 Å². The zero-order valence-corrected chi connectivity index (χ0v) is 22.3. The Labute approximate surface area is 193 Å². The second-order valence-electron chi connectivity index (χ2n) is 2.46. The Bertz CT molecular complexity index is 228. The van der Waals surface area contributed by atoms with Gasteiger partial charge < -0.3 is 20.5 Å². The van der Waals surface area contributed by atoms with Gasteiger partial charge in [0.25, 0.3) is 12.4 Å². The van der Waals surface area contributed by atoms with Gasteiger partial charge in [0.15, 0.2) is 0 Å². The maximum atomic E-state index is 9.70. The first-order valence-electron chi connectivity index (χ1n) is 6.72. The number of hydrogen-bond acceptors (Lipinski definition) is 5. The fraction of sp³-hybridized carbons (Fsp3) is 0.733. The van der Waals surface area contributed by atoms with Crippen LogP contribution >= 0.6 is 0 Å². The molecule has 25 heavy (non-hydrogen) atoms. The van der Waals surface area contributed by atoms with Crippen molar-refractivity contribution in [1.29, 1.82) is 0 Å². The van der Waals surface area contributed by atoms with Crippen molar-refractivity contribution in [3.05, 3.63) is 0 Å². The van der Waals surface area contributed by atoms with Crippen LogP contribution in [0.1, 0.15) is 55.9 Å². The summed E-state index contributed by atoms with van der Waals surface area (Å²) in [6.07, 6.45) is 0. The van der Waals surface area contributed by atoms with Gasteiger partial charge in [-0.05, 0) is 0 Å². The number of hydrogen-bond donors (Lipinski definition) is 3.